The van der Waals surface area contributed by atoms with E-state index in [4.69, 9.17) is 16.0 Å². The second kappa shape index (κ2) is 4.08. The van der Waals surface area contributed by atoms with Gasteiger partial charge in [0.25, 0.3) is 0 Å². The van der Waals surface area contributed by atoms with Gasteiger partial charge in [-0.15, -0.1) is 0 Å². The van der Waals surface area contributed by atoms with Gasteiger partial charge in [0.15, 0.2) is 0 Å². The fourth-order valence-electron chi connectivity index (χ4n) is 0.809. The first-order chi connectivity index (χ1) is 6.69. The normalized spacial score (nSPS) is 9.14. The van der Waals surface area contributed by atoms with Gasteiger partial charge in [-0.1, -0.05) is 5.22 Å². The Morgan fingerprint density at radius 3 is 2.71 bits per heavy atom. The summed E-state index contributed by atoms with van der Waals surface area (Å²) in [4.78, 5) is 14.0. The zero-order chi connectivity index (χ0) is 10.6. The Balaban J connectivity index is 2.98. The summed E-state index contributed by atoms with van der Waals surface area (Å²) >= 11 is 0. The van der Waals surface area contributed by atoms with Crippen LogP contribution in [0, 0.1) is 10.9 Å². The molecule has 1 rings (SSSR count). The molecule has 1 aromatic heterocycles. The van der Waals surface area contributed by atoms with Crippen molar-refractivity contribution < 1.29 is 9.90 Å². The quantitative estimate of drug-likeness (QED) is 0.288. The molecular weight excluding hydrogens is 186 g/mol. The molecule has 0 aliphatic rings. The average Bonchev–Trinajstić information content (AvgIpc) is 2.20. The fraction of sp³-hybridized carbons (Fsp3) is 0. The lowest BCUT2D eigenvalue weighted by Gasteiger charge is -2.08. The third-order valence-electron chi connectivity index (χ3n) is 1.46. The largest absolute Gasteiger partial charge is 0.477 e. The molecule has 7 nitrogen and oxygen atoms in total. The molecule has 0 saturated heterocycles. The van der Waals surface area contributed by atoms with Crippen molar-refractivity contribution in [2.24, 2.45) is 5.22 Å². The van der Waals surface area contributed by atoms with Gasteiger partial charge >= 0.3 is 5.97 Å². The maximum atomic E-state index is 10.4. The number of anilines is 1. The van der Waals surface area contributed by atoms with Gasteiger partial charge in [-0.25, -0.2) is 14.8 Å². The molecule has 1 heterocycles. The second-order valence-corrected chi connectivity index (χ2v) is 2.28. The number of hydrogen-bond donors (Lipinski definition) is 3. The van der Waals surface area contributed by atoms with Crippen LogP contribution < -0.4 is 5.01 Å². The monoisotopic (exact) mass is 193 g/mol. The van der Waals surface area contributed by atoms with Crippen LogP contribution in [0.2, 0.25) is 0 Å². The summed E-state index contributed by atoms with van der Waals surface area (Å²) in [7, 11) is 0. The van der Waals surface area contributed by atoms with Crippen LogP contribution in [0.4, 0.5) is 5.69 Å². The lowest BCUT2D eigenvalue weighted by Crippen LogP contribution is -2.12. The fourth-order valence-corrected chi connectivity index (χ4v) is 0.809. The van der Waals surface area contributed by atoms with Crippen molar-refractivity contribution in [3.05, 3.63) is 24.0 Å². The number of aromatic carboxylic acids is 1. The van der Waals surface area contributed by atoms with Crippen LogP contribution in [0.1, 0.15) is 10.5 Å². The first-order valence-electron chi connectivity index (χ1n) is 3.55. The van der Waals surface area contributed by atoms with E-state index in [1.807, 2.05) is 0 Å². The Bertz CT molecular complexity index is 353. The Morgan fingerprint density at radius 2 is 2.36 bits per heavy atom. The van der Waals surface area contributed by atoms with E-state index in [0.29, 0.717) is 5.69 Å². The van der Waals surface area contributed by atoms with Crippen LogP contribution in [0.3, 0.4) is 0 Å². The predicted molar refractivity (Wildman–Crippen MR) is 47.6 cm³/mol. The van der Waals surface area contributed by atoms with Crippen molar-refractivity contribution in [1.82, 2.24) is 4.98 Å². The van der Waals surface area contributed by atoms with Gasteiger partial charge in [-0.3, -0.25) is 5.41 Å². The average molecular weight is 193 g/mol. The second-order valence-electron chi connectivity index (χ2n) is 2.28. The molecule has 0 spiro atoms. The molecule has 0 radical (unpaired) electrons. The van der Waals surface area contributed by atoms with Gasteiger partial charge in [0.2, 0.25) is 0 Å². The van der Waals surface area contributed by atoms with Gasteiger partial charge in [0, 0.05) is 0 Å². The number of carboxylic acids is 1. The molecule has 0 aromatic carbocycles. The van der Waals surface area contributed by atoms with Crippen molar-refractivity contribution in [2.45, 2.75) is 0 Å². The van der Waals surface area contributed by atoms with Crippen LogP contribution in [0.5, 0.6) is 0 Å². The van der Waals surface area contributed by atoms with Crippen molar-refractivity contribution >= 4 is 18.0 Å². The van der Waals surface area contributed by atoms with Crippen molar-refractivity contribution in [1.29, 1.82) is 10.9 Å². The van der Waals surface area contributed by atoms with E-state index >= 15 is 0 Å². The first-order valence-corrected chi connectivity index (χ1v) is 3.55. The number of carbonyl (C=O) groups is 1. The minimum Gasteiger partial charge on any atom is -0.477 e. The maximum absolute atomic E-state index is 10.4. The van der Waals surface area contributed by atoms with Crippen LogP contribution in [0.15, 0.2) is 23.6 Å². The van der Waals surface area contributed by atoms with E-state index in [1.54, 1.807) is 0 Å². The number of pyridine rings is 1. The number of rotatable bonds is 4. The number of hydrogen-bond acceptors (Lipinski definition) is 5. The highest BCUT2D eigenvalue weighted by Crippen LogP contribution is 2.11. The summed E-state index contributed by atoms with van der Waals surface area (Å²) in [5.74, 6) is -1.12. The highest BCUT2D eigenvalue weighted by molar-refractivity contribution is 5.86. The molecule has 0 atom stereocenters. The minimum atomic E-state index is -1.12. The zero-order valence-electron chi connectivity index (χ0n) is 7.01. The molecule has 0 aliphatic heterocycles. The molecule has 14 heavy (non-hydrogen) atoms. The maximum Gasteiger partial charge on any atom is 0.354 e. The smallest absolute Gasteiger partial charge is 0.354 e. The van der Waals surface area contributed by atoms with Crippen LogP contribution in [-0.4, -0.2) is 22.4 Å². The third-order valence-corrected chi connectivity index (χ3v) is 1.46. The standard InChI is InChI=1S/C7H7N5O2/c8-4-12(11-9)5-1-2-6(7(13)14)10-3-5/h1-4,8-9H,(H,13,14). The summed E-state index contributed by atoms with van der Waals surface area (Å²) in [5.41, 5.74) is 6.96. The Kier molecular flexibility index (Phi) is 2.85. The van der Waals surface area contributed by atoms with Gasteiger partial charge in [0.1, 0.15) is 12.0 Å². The van der Waals surface area contributed by atoms with E-state index < -0.39 is 5.97 Å². The summed E-state index contributed by atoms with van der Waals surface area (Å²) in [6.45, 7) is 0. The highest BCUT2D eigenvalue weighted by atomic mass is 16.4. The highest BCUT2D eigenvalue weighted by Gasteiger charge is 2.06. The van der Waals surface area contributed by atoms with E-state index in [-0.39, 0.29) is 5.69 Å². The zero-order valence-corrected chi connectivity index (χ0v) is 7.01. The molecule has 7 heteroatoms. The molecule has 0 saturated carbocycles. The van der Waals surface area contributed by atoms with E-state index in [1.165, 1.54) is 18.3 Å². The van der Waals surface area contributed by atoms with Gasteiger partial charge in [-0.05, 0) is 12.1 Å². The summed E-state index contributed by atoms with van der Waals surface area (Å²) in [5, 5.41) is 19.4. The Hall–Kier alpha value is -2.31. The molecule has 3 N–H and O–H groups in total. The summed E-state index contributed by atoms with van der Waals surface area (Å²) in [6, 6.07) is 2.69. The molecule has 1 aromatic rings. The third kappa shape index (κ3) is 1.89. The number of nitrogens with one attached hydrogen (secondary N) is 2. The van der Waals surface area contributed by atoms with Crippen LogP contribution in [0.25, 0.3) is 0 Å². The van der Waals surface area contributed by atoms with E-state index in [2.05, 4.69) is 10.2 Å². The van der Waals surface area contributed by atoms with Gasteiger partial charge < -0.3 is 5.11 Å². The van der Waals surface area contributed by atoms with Gasteiger partial charge in [0.05, 0.1) is 11.9 Å². The van der Waals surface area contributed by atoms with E-state index in [0.717, 1.165) is 11.3 Å². The predicted octanol–water partition coefficient (Wildman–Crippen LogP) is 1.14. The van der Waals surface area contributed by atoms with Crippen molar-refractivity contribution in [3.63, 3.8) is 0 Å². The molecule has 0 amide bonds. The SMILES string of the molecule is N=CN(N=N)c1ccc(C(=O)O)nc1. The molecule has 0 fully saturated rings. The van der Waals surface area contributed by atoms with Crippen LogP contribution >= 0.6 is 0 Å². The molecule has 0 aliphatic carbocycles. The van der Waals surface area contributed by atoms with E-state index in [9.17, 15) is 4.79 Å². The lowest BCUT2D eigenvalue weighted by molar-refractivity contribution is 0.0690. The van der Waals surface area contributed by atoms with Crippen molar-refractivity contribution in [3.8, 4) is 0 Å². The topological polar surface area (TPSA) is 113 Å². The molecule has 72 valence electrons. The Morgan fingerprint density at radius 1 is 1.64 bits per heavy atom. The summed E-state index contributed by atoms with van der Waals surface area (Å²) < 4.78 is 0. The Labute approximate surface area is 79.0 Å². The number of nitrogens with zero attached hydrogens (tertiary/aromatic N) is 3. The van der Waals surface area contributed by atoms with Crippen LogP contribution in [-0.2, 0) is 0 Å². The minimum absolute atomic E-state index is 0.0938. The number of carboxylic acid groups (broad SMARTS) is 1. The lowest BCUT2D eigenvalue weighted by atomic mass is 10.3. The molecular formula is C7H7N5O2. The van der Waals surface area contributed by atoms with Crippen molar-refractivity contribution in [2.75, 3.05) is 5.01 Å². The van der Waals surface area contributed by atoms with Gasteiger partial charge in [-0.2, -0.15) is 5.53 Å². The molecule has 0 unspecified atom stereocenters. The number of aromatic nitrogens is 1. The molecule has 0 bridgehead atoms. The first kappa shape index (κ1) is 9.78. The summed E-state index contributed by atoms with van der Waals surface area (Å²) in [6.07, 6.45) is 2.05.